The van der Waals surface area contributed by atoms with Crippen molar-refractivity contribution in [2.75, 3.05) is 13.7 Å². The molecule has 0 heterocycles. The molecule has 0 bridgehead atoms. The Morgan fingerprint density at radius 1 is 1.29 bits per heavy atom. The minimum absolute atomic E-state index is 0.0279. The predicted octanol–water partition coefficient (Wildman–Crippen LogP) is 1.10. The zero-order valence-corrected chi connectivity index (χ0v) is 10.9. The SMILES string of the molecule is COCC(C)(C)NS(=O)(=O)c1ccc(O)cc1. The number of methoxy groups -OCH3 is 1. The summed E-state index contributed by atoms with van der Waals surface area (Å²) in [5, 5.41) is 9.10. The Balaban J connectivity index is 2.93. The normalized spacial score (nSPS) is 12.6. The van der Waals surface area contributed by atoms with Crippen molar-refractivity contribution in [3.05, 3.63) is 24.3 Å². The summed E-state index contributed by atoms with van der Waals surface area (Å²) in [4.78, 5) is 0.111. The largest absolute Gasteiger partial charge is 0.508 e. The second kappa shape index (κ2) is 5.03. The molecule has 0 aromatic heterocycles. The van der Waals surface area contributed by atoms with E-state index in [0.29, 0.717) is 0 Å². The Hall–Kier alpha value is -1.11. The second-order valence-corrected chi connectivity index (χ2v) is 6.10. The molecule has 1 rings (SSSR count). The molecule has 0 atom stereocenters. The van der Waals surface area contributed by atoms with E-state index in [4.69, 9.17) is 9.84 Å². The summed E-state index contributed by atoms with van der Waals surface area (Å²) < 4.78 is 31.4. The molecule has 0 spiro atoms. The summed E-state index contributed by atoms with van der Waals surface area (Å²) in [5.41, 5.74) is -0.689. The fraction of sp³-hybridized carbons (Fsp3) is 0.455. The molecule has 0 aliphatic rings. The van der Waals surface area contributed by atoms with Gasteiger partial charge in [-0.25, -0.2) is 13.1 Å². The van der Waals surface area contributed by atoms with Crippen LogP contribution in [-0.4, -0.2) is 32.8 Å². The van der Waals surface area contributed by atoms with Crippen LogP contribution in [0.25, 0.3) is 0 Å². The summed E-state index contributed by atoms with van der Waals surface area (Å²) >= 11 is 0. The first-order chi connectivity index (χ1) is 7.77. The number of hydrogen-bond acceptors (Lipinski definition) is 4. The van der Waals surface area contributed by atoms with Gasteiger partial charge in [0.15, 0.2) is 0 Å². The minimum Gasteiger partial charge on any atom is -0.508 e. The minimum atomic E-state index is -3.60. The van der Waals surface area contributed by atoms with Gasteiger partial charge in [-0.1, -0.05) is 0 Å². The number of benzene rings is 1. The number of sulfonamides is 1. The van der Waals surface area contributed by atoms with E-state index in [0.717, 1.165) is 0 Å². The molecule has 1 aromatic carbocycles. The Bertz CT molecular complexity index is 465. The molecular weight excluding hydrogens is 242 g/mol. The summed E-state index contributed by atoms with van der Waals surface area (Å²) in [5.74, 6) is 0.0279. The van der Waals surface area contributed by atoms with E-state index < -0.39 is 15.6 Å². The average Bonchev–Trinajstić information content (AvgIpc) is 2.16. The lowest BCUT2D eigenvalue weighted by Gasteiger charge is -2.24. The zero-order chi connectivity index (χ0) is 13.1. The molecule has 0 saturated heterocycles. The lowest BCUT2D eigenvalue weighted by molar-refractivity contribution is 0.141. The van der Waals surface area contributed by atoms with Crippen LogP contribution in [0.1, 0.15) is 13.8 Å². The molecule has 6 heteroatoms. The number of phenolic OH excluding ortho intramolecular Hbond substituents is 1. The second-order valence-electron chi connectivity index (χ2n) is 4.42. The topological polar surface area (TPSA) is 75.6 Å². The van der Waals surface area contributed by atoms with E-state index in [-0.39, 0.29) is 17.3 Å². The number of phenols is 1. The Labute approximate surface area is 101 Å². The molecule has 2 N–H and O–H groups in total. The Morgan fingerprint density at radius 3 is 2.29 bits per heavy atom. The van der Waals surface area contributed by atoms with Crippen LogP contribution in [0.15, 0.2) is 29.2 Å². The molecule has 0 saturated carbocycles. The Morgan fingerprint density at radius 2 is 1.82 bits per heavy atom. The molecule has 0 fully saturated rings. The van der Waals surface area contributed by atoms with E-state index in [2.05, 4.69) is 4.72 Å². The molecule has 0 aliphatic carbocycles. The highest BCUT2D eigenvalue weighted by molar-refractivity contribution is 7.89. The van der Waals surface area contributed by atoms with Crippen molar-refractivity contribution in [1.29, 1.82) is 0 Å². The average molecular weight is 259 g/mol. The fourth-order valence-corrected chi connectivity index (χ4v) is 2.84. The van der Waals surface area contributed by atoms with Crippen LogP contribution in [0, 0.1) is 0 Å². The van der Waals surface area contributed by atoms with Gasteiger partial charge in [0, 0.05) is 7.11 Å². The lowest BCUT2D eigenvalue weighted by Crippen LogP contribution is -2.46. The standard InChI is InChI=1S/C11H17NO4S/c1-11(2,8-16-3)12-17(14,15)10-6-4-9(13)5-7-10/h4-7,12-13H,8H2,1-3H3. The van der Waals surface area contributed by atoms with Gasteiger partial charge < -0.3 is 9.84 Å². The molecule has 5 nitrogen and oxygen atoms in total. The van der Waals surface area contributed by atoms with Gasteiger partial charge in [-0.3, -0.25) is 0 Å². The number of hydrogen-bond donors (Lipinski definition) is 2. The third-order valence-corrected chi connectivity index (χ3v) is 3.78. The van der Waals surface area contributed by atoms with Gasteiger partial charge in [-0.05, 0) is 38.1 Å². The van der Waals surface area contributed by atoms with Crippen LogP contribution in [0.5, 0.6) is 5.75 Å². The van der Waals surface area contributed by atoms with Crippen LogP contribution in [0.2, 0.25) is 0 Å². The number of nitrogens with one attached hydrogen (secondary N) is 1. The number of rotatable bonds is 5. The summed E-state index contributed by atoms with van der Waals surface area (Å²) in [6, 6.07) is 5.36. The smallest absolute Gasteiger partial charge is 0.241 e. The monoisotopic (exact) mass is 259 g/mol. The summed E-state index contributed by atoms with van der Waals surface area (Å²) in [6.07, 6.45) is 0. The number of ether oxygens (including phenoxy) is 1. The highest BCUT2D eigenvalue weighted by Gasteiger charge is 2.26. The maximum Gasteiger partial charge on any atom is 0.241 e. The van der Waals surface area contributed by atoms with Crippen LogP contribution < -0.4 is 4.72 Å². The third-order valence-electron chi connectivity index (χ3n) is 2.06. The van der Waals surface area contributed by atoms with Crippen molar-refractivity contribution >= 4 is 10.0 Å². The third kappa shape index (κ3) is 3.99. The zero-order valence-electron chi connectivity index (χ0n) is 10.1. The predicted molar refractivity (Wildman–Crippen MR) is 64.4 cm³/mol. The highest BCUT2D eigenvalue weighted by atomic mass is 32.2. The van der Waals surface area contributed by atoms with Crippen LogP contribution >= 0.6 is 0 Å². The number of aromatic hydroxyl groups is 1. The highest BCUT2D eigenvalue weighted by Crippen LogP contribution is 2.16. The van der Waals surface area contributed by atoms with Gasteiger partial charge in [0.1, 0.15) is 5.75 Å². The van der Waals surface area contributed by atoms with E-state index in [1.807, 2.05) is 0 Å². The molecule has 0 aliphatic heterocycles. The van der Waals surface area contributed by atoms with Crippen molar-refractivity contribution < 1.29 is 18.3 Å². The summed E-state index contributed by atoms with van der Waals surface area (Å²) in [6.45, 7) is 3.73. The first-order valence-electron chi connectivity index (χ1n) is 5.09. The molecule has 17 heavy (non-hydrogen) atoms. The molecule has 0 unspecified atom stereocenters. The molecule has 96 valence electrons. The van der Waals surface area contributed by atoms with Crippen molar-refractivity contribution in [1.82, 2.24) is 4.72 Å². The van der Waals surface area contributed by atoms with Crippen molar-refractivity contribution in [2.24, 2.45) is 0 Å². The first kappa shape index (κ1) is 14.0. The van der Waals surface area contributed by atoms with Crippen LogP contribution in [0.4, 0.5) is 0 Å². The van der Waals surface area contributed by atoms with E-state index in [1.165, 1.54) is 31.4 Å². The van der Waals surface area contributed by atoms with Gasteiger partial charge in [0.2, 0.25) is 10.0 Å². The van der Waals surface area contributed by atoms with Crippen molar-refractivity contribution in [3.63, 3.8) is 0 Å². The molecule has 0 amide bonds. The van der Waals surface area contributed by atoms with Gasteiger partial charge >= 0.3 is 0 Å². The van der Waals surface area contributed by atoms with Gasteiger partial charge in [-0.2, -0.15) is 0 Å². The van der Waals surface area contributed by atoms with E-state index in [1.54, 1.807) is 13.8 Å². The van der Waals surface area contributed by atoms with Crippen LogP contribution in [-0.2, 0) is 14.8 Å². The van der Waals surface area contributed by atoms with Crippen molar-refractivity contribution in [3.8, 4) is 5.75 Å². The van der Waals surface area contributed by atoms with Crippen molar-refractivity contribution in [2.45, 2.75) is 24.3 Å². The van der Waals surface area contributed by atoms with Gasteiger partial charge in [0.25, 0.3) is 0 Å². The van der Waals surface area contributed by atoms with Crippen LogP contribution in [0.3, 0.4) is 0 Å². The lowest BCUT2D eigenvalue weighted by atomic mass is 10.1. The fourth-order valence-electron chi connectivity index (χ4n) is 1.44. The maximum atomic E-state index is 12.0. The van der Waals surface area contributed by atoms with Gasteiger partial charge in [-0.15, -0.1) is 0 Å². The molecule has 1 aromatic rings. The van der Waals surface area contributed by atoms with E-state index in [9.17, 15) is 8.42 Å². The molecular formula is C11H17NO4S. The van der Waals surface area contributed by atoms with Gasteiger partial charge in [0.05, 0.1) is 17.0 Å². The molecule has 0 radical (unpaired) electrons. The Kier molecular flexibility index (Phi) is 4.13. The quantitative estimate of drug-likeness (QED) is 0.830. The maximum absolute atomic E-state index is 12.0. The van der Waals surface area contributed by atoms with E-state index >= 15 is 0 Å². The first-order valence-corrected chi connectivity index (χ1v) is 6.57. The summed E-state index contributed by atoms with van der Waals surface area (Å²) in [7, 11) is -2.09.